The number of aromatic nitrogens is 2. The Hall–Kier alpha value is -1.90. The van der Waals surface area contributed by atoms with E-state index in [1.165, 1.54) is 0 Å². The Bertz CT molecular complexity index is 631. The maximum Gasteiger partial charge on any atom is 0.401 e. The highest BCUT2D eigenvalue weighted by molar-refractivity contribution is 9.09. The molecule has 0 saturated carbocycles. The molecular weight excluding hydrogens is 348 g/mol. The van der Waals surface area contributed by atoms with E-state index in [2.05, 4.69) is 21.0 Å². The molecule has 0 aliphatic rings. The first kappa shape index (κ1) is 14.5. The van der Waals surface area contributed by atoms with Gasteiger partial charge in [-0.3, -0.25) is 4.79 Å². The van der Waals surface area contributed by atoms with Crippen LogP contribution in [0, 0.1) is 11.6 Å². The van der Waals surface area contributed by atoms with E-state index in [0.29, 0.717) is 0 Å². The van der Waals surface area contributed by atoms with Crippen LogP contribution >= 0.6 is 15.9 Å². The fourth-order valence-electron chi connectivity index (χ4n) is 1.36. The Labute approximate surface area is 118 Å². The molecule has 1 aromatic carbocycles. The van der Waals surface area contributed by atoms with Gasteiger partial charge in [0.05, 0.1) is 12.4 Å². The van der Waals surface area contributed by atoms with Gasteiger partial charge in [-0.1, -0.05) is 0 Å². The number of hydrogen-bond acceptors (Lipinski definition) is 3. The van der Waals surface area contributed by atoms with E-state index in [0.717, 1.165) is 24.5 Å². The van der Waals surface area contributed by atoms with Crippen LogP contribution in [0.15, 0.2) is 24.5 Å². The summed E-state index contributed by atoms with van der Waals surface area (Å²) in [7, 11) is 0. The summed E-state index contributed by atoms with van der Waals surface area (Å²) in [6, 6.07) is 1.52. The van der Waals surface area contributed by atoms with Crippen molar-refractivity contribution < 1.29 is 27.1 Å². The standard InChI is InChI=1S/C11H5BrF4N2O2/c12-11(15,16)18-4-7(3-17-18)20-10-8(13)1-6(5-19)2-9(10)14/h1-5H. The van der Waals surface area contributed by atoms with Crippen LogP contribution in [0.25, 0.3) is 0 Å². The number of rotatable bonds is 4. The van der Waals surface area contributed by atoms with Crippen molar-refractivity contribution in [2.24, 2.45) is 0 Å². The molecule has 0 bridgehead atoms. The van der Waals surface area contributed by atoms with E-state index >= 15 is 0 Å². The van der Waals surface area contributed by atoms with Gasteiger partial charge in [-0.05, 0) is 12.1 Å². The second-order valence-corrected chi connectivity index (χ2v) is 4.58. The highest BCUT2D eigenvalue weighted by atomic mass is 79.9. The number of ether oxygens (including phenoxy) is 1. The molecule has 2 rings (SSSR count). The zero-order valence-corrected chi connectivity index (χ0v) is 11.1. The summed E-state index contributed by atoms with van der Waals surface area (Å²) in [5, 5.41) is 3.27. The van der Waals surface area contributed by atoms with E-state index in [9.17, 15) is 22.4 Å². The molecule has 20 heavy (non-hydrogen) atoms. The summed E-state index contributed by atoms with van der Waals surface area (Å²) >= 11 is 2.06. The topological polar surface area (TPSA) is 44.1 Å². The smallest absolute Gasteiger partial charge is 0.401 e. The molecule has 0 N–H and O–H groups in total. The summed E-state index contributed by atoms with van der Waals surface area (Å²) in [5.74, 6) is -3.37. The molecule has 4 nitrogen and oxygen atoms in total. The molecule has 0 fully saturated rings. The molecule has 1 heterocycles. The molecule has 0 aliphatic carbocycles. The van der Waals surface area contributed by atoms with Crippen molar-refractivity contribution >= 4 is 22.2 Å². The molecule has 106 valence electrons. The molecule has 0 atom stereocenters. The highest BCUT2D eigenvalue weighted by Crippen LogP contribution is 2.32. The van der Waals surface area contributed by atoms with Gasteiger partial charge in [0.2, 0.25) is 0 Å². The molecule has 2 aromatic rings. The van der Waals surface area contributed by atoms with E-state index in [1.807, 2.05) is 0 Å². The zero-order valence-electron chi connectivity index (χ0n) is 9.49. The van der Waals surface area contributed by atoms with Gasteiger partial charge in [0, 0.05) is 21.5 Å². The third-order valence-corrected chi connectivity index (χ3v) is 2.56. The molecule has 0 aliphatic heterocycles. The van der Waals surface area contributed by atoms with Crippen LogP contribution in [-0.4, -0.2) is 16.1 Å². The first-order valence-electron chi connectivity index (χ1n) is 5.05. The molecule has 1 aromatic heterocycles. The van der Waals surface area contributed by atoms with Crippen LogP contribution in [0.4, 0.5) is 17.6 Å². The molecule has 0 radical (unpaired) electrons. The van der Waals surface area contributed by atoms with E-state index in [1.54, 1.807) is 0 Å². The molecule has 0 spiro atoms. The highest BCUT2D eigenvalue weighted by Gasteiger charge is 2.28. The van der Waals surface area contributed by atoms with Crippen molar-refractivity contribution in [1.29, 1.82) is 0 Å². The lowest BCUT2D eigenvalue weighted by atomic mass is 10.2. The third-order valence-electron chi connectivity index (χ3n) is 2.20. The third kappa shape index (κ3) is 2.98. The Balaban J connectivity index is 2.31. The van der Waals surface area contributed by atoms with Crippen molar-refractivity contribution in [3.8, 4) is 11.5 Å². The van der Waals surface area contributed by atoms with Crippen LogP contribution in [0.2, 0.25) is 0 Å². The van der Waals surface area contributed by atoms with Gasteiger partial charge in [0.25, 0.3) is 0 Å². The number of nitrogens with zero attached hydrogens (tertiary/aromatic N) is 2. The fourth-order valence-corrected chi connectivity index (χ4v) is 1.55. The van der Waals surface area contributed by atoms with Gasteiger partial charge in [-0.2, -0.15) is 18.6 Å². The average Bonchev–Trinajstić information content (AvgIpc) is 2.82. The van der Waals surface area contributed by atoms with Crippen LogP contribution in [0.1, 0.15) is 10.4 Å². The lowest BCUT2D eigenvalue weighted by Crippen LogP contribution is -2.14. The van der Waals surface area contributed by atoms with Gasteiger partial charge >= 0.3 is 4.96 Å². The van der Waals surface area contributed by atoms with Gasteiger partial charge < -0.3 is 4.74 Å². The van der Waals surface area contributed by atoms with Crippen molar-refractivity contribution in [2.75, 3.05) is 0 Å². The Morgan fingerprint density at radius 2 is 1.90 bits per heavy atom. The average molecular weight is 353 g/mol. The number of aldehydes is 1. The lowest BCUT2D eigenvalue weighted by molar-refractivity contribution is 0.0198. The number of benzene rings is 1. The maximum absolute atomic E-state index is 13.5. The minimum atomic E-state index is -3.45. The maximum atomic E-state index is 13.5. The number of halogens is 5. The predicted molar refractivity (Wildman–Crippen MR) is 63.2 cm³/mol. The first-order valence-corrected chi connectivity index (χ1v) is 5.84. The van der Waals surface area contributed by atoms with Crippen LogP contribution in [0.3, 0.4) is 0 Å². The van der Waals surface area contributed by atoms with Gasteiger partial charge in [0.1, 0.15) is 6.29 Å². The second-order valence-electron chi connectivity index (χ2n) is 3.62. The Morgan fingerprint density at radius 1 is 1.30 bits per heavy atom. The largest absolute Gasteiger partial charge is 0.448 e. The number of carbonyl (C=O) groups excluding carboxylic acids is 1. The molecule has 0 saturated heterocycles. The number of alkyl halides is 3. The number of carbonyl (C=O) groups is 1. The zero-order chi connectivity index (χ0) is 14.9. The SMILES string of the molecule is O=Cc1cc(F)c(Oc2cnn(C(F)(F)Br)c2)c(F)c1. The van der Waals surface area contributed by atoms with Gasteiger partial charge in [0.15, 0.2) is 23.1 Å². The van der Waals surface area contributed by atoms with Gasteiger partial charge in [-0.25, -0.2) is 8.78 Å². The molecule has 9 heteroatoms. The Kier molecular flexibility index (Phi) is 3.80. The first-order chi connectivity index (χ1) is 9.31. The van der Waals surface area contributed by atoms with Crippen LogP contribution in [-0.2, 0) is 4.96 Å². The molecular formula is C11H5BrF4N2O2. The van der Waals surface area contributed by atoms with Crippen molar-refractivity contribution in [3.63, 3.8) is 0 Å². The molecule has 0 unspecified atom stereocenters. The molecule has 0 amide bonds. The monoisotopic (exact) mass is 352 g/mol. The quantitative estimate of drug-likeness (QED) is 0.479. The van der Waals surface area contributed by atoms with Crippen molar-refractivity contribution in [3.05, 3.63) is 41.7 Å². The van der Waals surface area contributed by atoms with E-state index in [4.69, 9.17) is 4.74 Å². The summed E-state index contributed by atoms with van der Waals surface area (Å²) < 4.78 is 57.7. The minimum absolute atomic E-state index is 0.206. The van der Waals surface area contributed by atoms with Crippen LogP contribution in [0.5, 0.6) is 11.5 Å². The normalized spacial score (nSPS) is 11.4. The van der Waals surface area contributed by atoms with Crippen molar-refractivity contribution in [1.82, 2.24) is 9.78 Å². The fraction of sp³-hybridized carbons (Fsp3) is 0.0909. The Morgan fingerprint density at radius 3 is 2.35 bits per heavy atom. The van der Waals surface area contributed by atoms with Gasteiger partial charge in [-0.15, -0.1) is 0 Å². The second kappa shape index (κ2) is 5.23. The van der Waals surface area contributed by atoms with Crippen LogP contribution < -0.4 is 4.74 Å². The van der Waals surface area contributed by atoms with Crippen molar-refractivity contribution in [2.45, 2.75) is 4.96 Å². The predicted octanol–water partition coefficient (Wildman–Crippen LogP) is 3.67. The van der Waals surface area contributed by atoms with E-state index in [-0.39, 0.29) is 22.3 Å². The summed E-state index contributed by atoms with van der Waals surface area (Å²) in [4.78, 5) is 6.97. The summed E-state index contributed by atoms with van der Waals surface area (Å²) in [6.45, 7) is 0. The number of hydrogen-bond donors (Lipinski definition) is 0. The lowest BCUT2D eigenvalue weighted by Gasteiger charge is -2.08. The minimum Gasteiger partial charge on any atom is -0.448 e. The van der Waals surface area contributed by atoms with E-state index < -0.39 is 22.3 Å². The summed E-state index contributed by atoms with van der Waals surface area (Å²) in [5.41, 5.74) is -0.213. The summed E-state index contributed by atoms with van der Waals surface area (Å²) in [6.07, 6.45) is 1.88.